The highest BCUT2D eigenvalue weighted by atomic mass is 35.5. The van der Waals surface area contributed by atoms with Crippen molar-refractivity contribution in [2.24, 2.45) is 0 Å². The van der Waals surface area contributed by atoms with Gasteiger partial charge in [-0.25, -0.2) is 0 Å². The molecule has 1 N–H and O–H groups in total. The molecule has 0 saturated carbocycles. The van der Waals surface area contributed by atoms with E-state index in [0.29, 0.717) is 16.6 Å². The van der Waals surface area contributed by atoms with E-state index in [0.717, 1.165) is 16.6 Å². The predicted molar refractivity (Wildman–Crippen MR) is 59.1 cm³/mol. The van der Waals surface area contributed by atoms with E-state index in [1.54, 1.807) is 12.3 Å². The zero-order chi connectivity index (χ0) is 11.1. The number of aromatic amines is 1. The van der Waals surface area contributed by atoms with Crippen LogP contribution in [-0.4, -0.2) is 20.4 Å². The van der Waals surface area contributed by atoms with E-state index in [1.165, 1.54) is 0 Å². The molecule has 6 heteroatoms. The summed E-state index contributed by atoms with van der Waals surface area (Å²) in [6.45, 7) is 1.86. The van der Waals surface area contributed by atoms with Gasteiger partial charge in [-0.2, -0.15) is 5.10 Å². The molecule has 3 aromatic rings. The Balaban J connectivity index is 2.39. The summed E-state index contributed by atoms with van der Waals surface area (Å²) in [6.07, 6.45) is 1.58. The van der Waals surface area contributed by atoms with Crippen molar-refractivity contribution in [1.82, 2.24) is 20.4 Å². The fraction of sp³-hybridized carbons (Fsp3) is 0.100. The van der Waals surface area contributed by atoms with E-state index >= 15 is 0 Å². The molecule has 3 rings (SSSR count). The van der Waals surface area contributed by atoms with Gasteiger partial charge in [-0.15, -0.1) is 10.2 Å². The minimum Gasteiger partial charge on any atom is -0.463 e. The summed E-state index contributed by atoms with van der Waals surface area (Å²) in [6, 6.07) is 3.61. The predicted octanol–water partition coefficient (Wildman–Crippen LogP) is 2.57. The highest BCUT2D eigenvalue weighted by Crippen LogP contribution is 2.29. The molecule has 3 heterocycles. The van der Waals surface area contributed by atoms with Gasteiger partial charge < -0.3 is 4.42 Å². The number of halogens is 1. The van der Waals surface area contributed by atoms with Gasteiger partial charge in [-0.1, -0.05) is 11.6 Å². The van der Waals surface area contributed by atoms with Crippen LogP contribution in [0.25, 0.3) is 22.4 Å². The summed E-state index contributed by atoms with van der Waals surface area (Å²) in [5.74, 6) is 0.637. The second kappa shape index (κ2) is 3.31. The average molecular weight is 235 g/mol. The highest BCUT2D eigenvalue weighted by Gasteiger charge is 2.15. The van der Waals surface area contributed by atoms with Crippen LogP contribution < -0.4 is 0 Å². The molecule has 0 saturated heterocycles. The fourth-order valence-electron chi connectivity index (χ4n) is 1.64. The van der Waals surface area contributed by atoms with Crippen molar-refractivity contribution < 1.29 is 4.42 Å². The molecule has 0 bridgehead atoms. The molecule has 0 atom stereocenters. The van der Waals surface area contributed by atoms with Gasteiger partial charge in [-0.3, -0.25) is 5.10 Å². The highest BCUT2D eigenvalue weighted by molar-refractivity contribution is 6.34. The number of hydrogen-bond donors (Lipinski definition) is 1. The Bertz CT molecular complexity index is 644. The number of aromatic nitrogens is 4. The van der Waals surface area contributed by atoms with Crippen molar-refractivity contribution in [2.45, 2.75) is 6.92 Å². The summed E-state index contributed by atoms with van der Waals surface area (Å²) in [5, 5.41) is 16.0. The number of hydrogen-bond acceptors (Lipinski definition) is 4. The molecule has 0 aliphatic heterocycles. The second-order valence-electron chi connectivity index (χ2n) is 3.38. The molecule has 5 nitrogen and oxygen atoms in total. The van der Waals surface area contributed by atoms with Crippen LogP contribution in [0.15, 0.2) is 22.8 Å². The minimum atomic E-state index is 0.344. The van der Waals surface area contributed by atoms with Crippen molar-refractivity contribution in [3.8, 4) is 11.5 Å². The number of nitrogens with one attached hydrogen (secondary N) is 1. The lowest BCUT2D eigenvalue weighted by Gasteiger charge is -1.98. The Kier molecular flexibility index (Phi) is 1.94. The normalized spacial score (nSPS) is 11.1. The molecular weight excluding hydrogens is 228 g/mol. The van der Waals surface area contributed by atoms with Gasteiger partial charge in [0, 0.05) is 0 Å². The monoisotopic (exact) mass is 234 g/mol. The zero-order valence-electron chi connectivity index (χ0n) is 8.36. The molecule has 0 unspecified atom stereocenters. The first-order chi connectivity index (χ1) is 7.77. The summed E-state index contributed by atoms with van der Waals surface area (Å²) >= 11 is 5.97. The zero-order valence-corrected chi connectivity index (χ0v) is 9.12. The van der Waals surface area contributed by atoms with Crippen molar-refractivity contribution in [3.63, 3.8) is 0 Å². The smallest absolute Gasteiger partial charge is 0.163 e. The summed E-state index contributed by atoms with van der Waals surface area (Å²) < 4.78 is 5.28. The molecular formula is C10H7ClN4O. The first-order valence-corrected chi connectivity index (χ1v) is 5.06. The van der Waals surface area contributed by atoms with Crippen molar-refractivity contribution in [3.05, 3.63) is 29.2 Å². The van der Waals surface area contributed by atoms with Crippen molar-refractivity contribution in [2.75, 3.05) is 0 Å². The van der Waals surface area contributed by atoms with Gasteiger partial charge in [0.2, 0.25) is 0 Å². The SMILES string of the molecule is Cc1n[nH]c2c(-c3ccco3)nnc(Cl)c12. The maximum atomic E-state index is 5.97. The Morgan fingerprint density at radius 2 is 2.25 bits per heavy atom. The first kappa shape index (κ1) is 9.35. The third-order valence-corrected chi connectivity index (χ3v) is 2.65. The second-order valence-corrected chi connectivity index (χ2v) is 3.73. The van der Waals surface area contributed by atoms with Gasteiger partial charge in [0.15, 0.2) is 16.6 Å². The standard InChI is InChI=1S/C10H7ClN4O/c1-5-7-9(14-12-5)8(13-15-10(7)11)6-3-2-4-16-6/h2-4H,1H3,(H,12,14). The van der Waals surface area contributed by atoms with Crippen LogP contribution in [0.5, 0.6) is 0 Å². The molecule has 0 aliphatic rings. The number of aryl methyl sites for hydroxylation is 1. The summed E-state index contributed by atoms with van der Waals surface area (Å²) in [7, 11) is 0. The third kappa shape index (κ3) is 1.22. The molecule has 0 spiro atoms. The molecule has 80 valence electrons. The van der Waals surface area contributed by atoms with Gasteiger partial charge >= 0.3 is 0 Å². The maximum Gasteiger partial charge on any atom is 0.163 e. The van der Waals surface area contributed by atoms with Gasteiger partial charge in [-0.05, 0) is 19.1 Å². The largest absolute Gasteiger partial charge is 0.463 e. The van der Waals surface area contributed by atoms with Gasteiger partial charge in [0.1, 0.15) is 0 Å². The molecule has 0 radical (unpaired) electrons. The van der Waals surface area contributed by atoms with Crippen LogP contribution in [0.1, 0.15) is 5.69 Å². The number of fused-ring (bicyclic) bond motifs is 1. The number of H-pyrrole nitrogens is 1. The van der Waals surface area contributed by atoms with Crippen LogP contribution in [0.2, 0.25) is 5.15 Å². The Morgan fingerprint density at radius 3 is 3.00 bits per heavy atom. The van der Waals surface area contributed by atoms with Gasteiger partial charge in [0.25, 0.3) is 0 Å². The van der Waals surface area contributed by atoms with Crippen LogP contribution >= 0.6 is 11.6 Å². The first-order valence-electron chi connectivity index (χ1n) is 4.68. The van der Waals surface area contributed by atoms with E-state index in [2.05, 4.69) is 20.4 Å². The maximum absolute atomic E-state index is 5.97. The van der Waals surface area contributed by atoms with Crippen LogP contribution in [-0.2, 0) is 0 Å². The average Bonchev–Trinajstić information content (AvgIpc) is 2.89. The Hall–Kier alpha value is -1.88. The fourth-order valence-corrected chi connectivity index (χ4v) is 1.90. The van der Waals surface area contributed by atoms with E-state index < -0.39 is 0 Å². The molecule has 0 aromatic carbocycles. The van der Waals surface area contributed by atoms with Crippen LogP contribution in [0.4, 0.5) is 0 Å². The summed E-state index contributed by atoms with van der Waals surface area (Å²) in [4.78, 5) is 0. The van der Waals surface area contributed by atoms with Crippen LogP contribution in [0, 0.1) is 6.92 Å². The quantitative estimate of drug-likeness (QED) is 0.703. The molecule has 16 heavy (non-hydrogen) atoms. The van der Waals surface area contributed by atoms with Gasteiger partial charge in [0.05, 0.1) is 22.9 Å². The number of rotatable bonds is 1. The summed E-state index contributed by atoms with van der Waals surface area (Å²) in [5.41, 5.74) is 2.15. The minimum absolute atomic E-state index is 0.344. The van der Waals surface area contributed by atoms with E-state index in [9.17, 15) is 0 Å². The lowest BCUT2D eigenvalue weighted by molar-refractivity contribution is 0.579. The Morgan fingerprint density at radius 1 is 1.38 bits per heavy atom. The number of nitrogens with zero attached hydrogens (tertiary/aromatic N) is 3. The van der Waals surface area contributed by atoms with Crippen molar-refractivity contribution >= 4 is 22.5 Å². The van der Waals surface area contributed by atoms with E-state index in [4.69, 9.17) is 16.0 Å². The lowest BCUT2D eigenvalue weighted by atomic mass is 10.2. The van der Waals surface area contributed by atoms with E-state index in [-0.39, 0.29) is 0 Å². The molecule has 3 aromatic heterocycles. The molecule has 0 amide bonds. The van der Waals surface area contributed by atoms with Crippen molar-refractivity contribution in [1.29, 1.82) is 0 Å². The molecule has 0 fully saturated rings. The van der Waals surface area contributed by atoms with Crippen LogP contribution in [0.3, 0.4) is 0 Å². The Labute approximate surface area is 95.4 Å². The topological polar surface area (TPSA) is 67.6 Å². The number of furan rings is 1. The lowest BCUT2D eigenvalue weighted by Crippen LogP contribution is -1.89. The van der Waals surface area contributed by atoms with E-state index in [1.807, 2.05) is 13.0 Å². The molecule has 0 aliphatic carbocycles. The third-order valence-electron chi connectivity index (χ3n) is 2.38.